The van der Waals surface area contributed by atoms with Gasteiger partial charge in [0.15, 0.2) is 0 Å². The maximum Gasteiger partial charge on any atom is 0.316 e. The van der Waals surface area contributed by atoms with Gasteiger partial charge in [0, 0.05) is 19.4 Å². The minimum absolute atomic E-state index is 0.197. The first-order chi connectivity index (χ1) is 8.08. The first-order valence-corrected chi connectivity index (χ1v) is 4.90. The Morgan fingerprint density at radius 1 is 1.18 bits per heavy atom. The van der Waals surface area contributed by atoms with Gasteiger partial charge in [-0.25, -0.2) is 4.98 Å². The van der Waals surface area contributed by atoms with Crippen LogP contribution in [0, 0.1) is 0 Å². The molecule has 2 N–H and O–H groups in total. The van der Waals surface area contributed by atoms with Crippen molar-refractivity contribution in [1.29, 1.82) is 0 Å². The third-order valence-electron chi connectivity index (χ3n) is 2.29. The molecule has 88 valence electrons. The first kappa shape index (κ1) is 11.1. The van der Waals surface area contributed by atoms with Gasteiger partial charge in [0.05, 0.1) is 24.6 Å². The Balaban J connectivity index is 2.37. The van der Waals surface area contributed by atoms with Crippen LogP contribution in [0.3, 0.4) is 0 Å². The lowest BCUT2D eigenvalue weighted by Crippen LogP contribution is -2.39. The highest BCUT2D eigenvalue weighted by Gasteiger charge is 2.04. The molecule has 0 aliphatic rings. The van der Waals surface area contributed by atoms with Crippen molar-refractivity contribution >= 4 is 5.82 Å². The van der Waals surface area contributed by atoms with Crippen molar-refractivity contribution in [2.45, 2.75) is 6.54 Å². The number of anilines is 1. The molecule has 0 unspecified atom stereocenters. The van der Waals surface area contributed by atoms with E-state index in [2.05, 4.69) is 9.97 Å². The van der Waals surface area contributed by atoms with Gasteiger partial charge in [-0.2, -0.15) is 0 Å². The molecule has 0 spiro atoms. The Kier molecular flexibility index (Phi) is 2.73. The predicted octanol–water partition coefficient (Wildman–Crippen LogP) is -1.03. The van der Waals surface area contributed by atoms with E-state index in [0.29, 0.717) is 11.5 Å². The molecule has 7 heteroatoms. The number of nitrogen functional groups attached to an aromatic ring is 1. The van der Waals surface area contributed by atoms with Crippen LogP contribution in [0.4, 0.5) is 5.82 Å². The van der Waals surface area contributed by atoms with Crippen molar-refractivity contribution in [1.82, 2.24) is 19.1 Å². The maximum absolute atomic E-state index is 11.6. The van der Waals surface area contributed by atoms with Crippen molar-refractivity contribution in [2.24, 2.45) is 7.05 Å². The molecule has 2 heterocycles. The third-order valence-corrected chi connectivity index (χ3v) is 2.29. The summed E-state index contributed by atoms with van der Waals surface area (Å²) in [6, 6.07) is 0. The molecule has 0 bridgehead atoms. The van der Waals surface area contributed by atoms with Gasteiger partial charge in [-0.05, 0) is 0 Å². The summed E-state index contributed by atoms with van der Waals surface area (Å²) >= 11 is 0. The Hall–Kier alpha value is -2.44. The van der Waals surface area contributed by atoms with E-state index in [1.54, 1.807) is 0 Å². The number of aryl methyl sites for hydroxylation is 1. The number of rotatable bonds is 2. The number of nitrogens with two attached hydrogens (primary N) is 1. The van der Waals surface area contributed by atoms with E-state index in [4.69, 9.17) is 5.73 Å². The number of hydrogen-bond donors (Lipinski definition) is 1. The zero-order valence-corrected chi connectivity index (χ0v) is 9.20. The van der Waals surface area contributed by atoms with E-state index in [1.807, 2.05) is 0 Å². The lowest BCUT2D eigenvalue weighted by molar-refractivity contribution is 0.682. The van der Waals surface area contributed by atoms with Crippen molar-refractivity contribution in [3.63, 3.8) is 0 Å². The van der Waals surface area contributed by atoms with Gasteiger partial charge in [-0.3, -0.25) is 14.6 Å². The van der Waals surface area contributed by atoms with E-state index >= 15 is 0 Å². The van der Waals surface area contributed by atoms with Crippen LogP contribution >= 0.6 is 0 Å². The van der Waals surface area contributed by atoms with E-state index in [9.17, 15) is 9.59 Å². The SMILES string of the molecule is Cn1ccn(Cc2cnc(N)cn2)c(=O)c1=O. The summed E-state index contributed by atoms with van der Waals surface area (Å²) in [7, 11) is 1.52. The summed E-state index contributed by atoms with van der Waals surface area (Å²) in [5.41, 5.74) is 4.80. The standard InChI is InChI=1S/C10H11N5O2/c1-14-2-3-15(10(17)9(14)16)6-7-4-13-8(11)5-12-7/h2-5H,6H2,1H3,(H2,11,13). The third kappa shape index (κ3) is 2.22. The quantitative estimate of drug-likeness (QED) is 0.669. The molecule has 7 nitrogen and oxygen atoms in total. The maximum atomic E-state index is 11.6. The van der Waals surface area contributed by atoms with Gasteiger partial charge in [0.1, 0.15) is 5.82 Å². The van der Waals surface area contributed by atoms with Crippen LogP contribution in [0.25, 0.3) is 0 Å². The van der Waals surface area contributed by atoms with E-state index in [-0.39, 0.29) is 6.54 Å². The molecule has 2 aromatic heterocycles. The van der Waals surface area contributed by atoms with Crippen molar-refractivity contribution < 1.29 is 0 Å². The van der Waals surface area contributed by atoms with E-state index in [0.717, 1.165) is 0 Å². The second-order valence-electron chi connectivity index (χ2n) is 3.58. The molecular formula is C10H11N5O2. The molecule has 0 fully saturated rings. The number of aromatic nitrogens is 4. The number of hydrogen-bond acceptors (Lipinski definition) is 5. The molecule has 0 atom stereocenters. The molecule has 0 aliphatic heterocycles. The van der Waals surface area contributed by atoms with Gasteiger partial charge in [0.2, 0.25) is 0 Å². The predicted molar refractivity (Wildman–Crippen MR) is 61.5 cm³/mol. The van der Waals surface area contributed by atoms with Gasteiger partial charge in [-0.15, -0.1) is 0 Å². The molecule has 0 radical (unpaired) electrons. The Labute approximate surface area is 96.2 Å². The minimum Gasteiger partial charge on any atom is -0.382 e. The zero-order chi connectivity index (χ0) is 12.4. The Bertz CT molecular complexity index is 641. The highest BCUT2D eigenvalue weighted by Crippen LogP contribution is 1.97. The second kappa shape index (κ2) is 4.20. The summed E-state index contributed by atoms with van der Waals surface area (Å²) in [5, 5.41) is 0. The summed E-state index contributed by atoms with van der Waals surface area (Å²) in [6.07, 6.45) is 5.93. The van der Waals surface area contributed by atoms with Crippen molar-refractivity contribution in [3.05, 3.63) is 51.2 Å². The second-order valence-corrected chi connectivity index (χ2v) is 3.58. The molecular weight excluding hydrogens is 222 g/mol. The van der Waals surface area contributed by atoms with Crippen LogP contribution < -0.4 is 16.9 Å². The molecule has 2 rings (SSSR count). The summed E-state index contributed by atoms with van der Waals surface area (Å²) in [4.78, 5) is 30.9. The summed E-state index contributed by atoms with van der Waals surface area (Å²) < 4.78 is 2.51. The van der Waals surface area contributed by atoms with Gasteiger partial charge in [0.25, 0.3) is 0 Å². The topological polar surface area (TPSA) is 95.8 Å². The van der Waals surface area contributed by atoms with Crippen LogP contribution in [-0.2, 0) is 13.6 Å². The van der Waals surface area contributed by atoms with Crippen molar-refractivity contribution in [2.75, 3.05) is 5.73 Å². The number of nitrogens with zero attached hydrogens (tertiary/aromatic N) is 4. The zero-order valence-electron chi connectivity index (χ0n) is 9.20. The van der Waals surface area contributed by atoms with Crippen LogP contribution in [0.15, 0.2) is 34.4 Å². The highest BCUT2D eigenvalue weighted by molar-refractivity contribution is 5.22. The molecule has 2 aromatic rings. The summed E-state index contributed by atoms with van der Waals surface area (Å²) in [6.45, 7) is 0.197. The average Bonchev–Trinajstić information content (AvgIpc) is 2.33. The molecule has 17 heavy (non-hydrogen) atoms. The first-order valence-electron chi connectivity index (χ1n) is 4.90. The van der Waals surface area contributed by atoms with Crippen LogP contribution in [0.2, 0.25) is 0 Å². The van der Waals surface area contributed by atoms with E-state index < -0.39 is 11.1 Å². The normalized spacial score (nSPS) is 10.4. The lowest BCUT2D eigenvalue weighted by atomic mass is 10.4. The summed E-state index contributed by atoms with van der Waals surface area (Å²) in [5.74, 6) is 0.310. The monoisotopic (exact) mass is 233 g/mol. The Morgan fingerprint density at radius 3 is 2.59 bits per heavy atom. The van der Waals surface area contributed by atoms with Crippen LogP contribution in [0.1, 0.15) is 5.69 Å². The highest BCUT2D eigenvalue weighted by atomic mass is 16.2. The lowest BCUT2D eigenvalue weighted by Gasteiger charge is -2.05. The van der Waals surface area contributed by atoms with Crippen LogP contribution in [-0.4, -0.2) is 19.1 Å². The fraction of sp³-hybridized carbons (Fsp3) is 0.200. The molecule has 0 aromatic carbocycles. The van der Waals surface area contributed by atoms with Gasteiger partial charge < -0.3 is 14.9 Å². The fourth-order valence-corrected chi connectivity index (χ4v) is 1.34. The molecule has 0 aliphatic carbocycles. The fourth-order valence-electron chi connectivity index (χ4n) is 1.34. The largest absolute Gasteiger partial charge is 0.382 e. The minimum atomic E-state index is -0.589. The smallest absolute Gasteiger partial charge is 0.316 e. The van der Waals surface area contributed by atoms with Gasteiger partial charge in [-0.1, -0.05) is 0 Å². The average molecular weight is 233 g/mol. The van der Waals surface area contributed by atoms with Gasteiger partial charge >= 0.3 is 11.1 Å². The molecule has 0 saturated carbocycles. The molecule has 0 saturated heterocycles. The molecule has 0 amide bonds. The van der Waals surface area contributed by atoms with Crippen LogP contribution in [0.5, 0.6) is 0 Å². The van der Waals surface area contributed by atoms with E-state index in [1.165, 1.54) is 41.0 Å². The van der Waals surface area contributed by atoms with Crippen molar-refractivity contribution in [3.8, 4) is 0 Å². The Morgan fingerprint density at radius 2 is 1.94 bits per heavy atom.